The summed E-state index contributed by atoms with van der Waals surface area (Å²) < 4.78 is 0. The van der Waals surface area contributed by atoms with E-state index in [1.54, 1.807) is 11.3 Å². The zero-order valence-electron chi connectivity index (χ0n) is 9.38. The molecule has 0 aliphatic carbocycles. The fourth-order valence-electron chi connectivity index (χ4n) is 1.31. The molecule has 0 amide bonds. The molecule has 84 valence electrons. The standard InChI is InChI=1S/C14H11NOS/c1-16-15-14(12-6-3-2-4-7-12)10-9-13-8-5-11-17-13/h2-8,11H,1H3/b15-14+. The van der Waals surface area contributed by atoms with E-state index in [-0.39, 0.29) is 0 Å². The second kappa shape index (κ2) is 5.88. The zero-order valence-corrected chi connectivity index (χ0v) is 10.2. The van der Waals surface area contributed by atoms with Crippen molar-refractivity contribution in [1.82, 2.24) is 0 Å². The van der Waals surface area contributed by atoms with Crippen LogP contribution in [0, 0.1) is 11.8 Å². The first-order valence-electron chi connectivity index (χ1n) is 5.12. The Labute approximate surface area is 105 Å². The minimum Gasteiger partial charge on any atom is -0.398 e. The van der Waals surface area contributed by atoms with Crippen LogP contribution < -0.4 is 0 Å². The molecule has 2 rings (SSSR count). The van der Waals surface area contributed by atoms with E-state index in [0.29, 0.717) is 5.71 Å². The summed E-state index contributed by atoms with van der Waals surface area (Å²) in [6.07, 6.45) is 0. The molecule has 0 N–H and O–H groups in total. The molecule has 0 aliphatic rings. The largest absolute Gasteiger partial charge is 0.398 e. The van der Waals surface area contributed by atoms with Gasteiger partial charge in [0.05, 0.1) is 4.88 Å². The third-order valence-electron chi connectivity index (χ3n) is 2.06. The minimum absolute atomic E-state index is 0.640. The Hall–Kier alpha value is -2.05. The van der Waals surface area contributed by atoms with Crippen molar-refractivity contribution in [3.8, 4) is 11.8 Å². The Morgan fingerprint density at radius 2 is 2.00 bits per heavy atom. The predicted octanol–water partition coefficient (Wildman–Crippen LogP) is 3.15. The number of oxime groups is 1. The maximum Gasteiger partial charge on any atom is 0.160 e. The minimum atomic E-state index is 0.640. The maximum absolute atomic E-state index is 4.82. The zero-order chi connectivity index (χ0) is 11.9. The van der Waals surface area contributed by atoms with Crippen molar-refractivity contribution < 1.29 is 4.84 Å². The van der Waals surface area contributed by atoms with Gasteiger partial charge in [-0.2, -0.15) is 0 Å². The van der Waals surface area contributed by atoms with Gasteiger partial charge in [-0.3, -0.25) is 0 Å². The van der Waals surface area contributed by atoms with Gasteiger partial charge in [0.1, 0.15) is 7.11 Å². The van der Waals surface area contributed by atoms with Gasteiger partial charge in [0.2, 0.25) is 0 Å². The SMILES string of the molecule is CO/N=C(\C#Cc1cccs1)c1ccccc1. The predicted molar refractivity (Wildman–Crippen MR) is 71.2 cm³/mol. The second-order valence-corrected chi connectivity index (χ2v) is 4.16. The lowest BCUT2D eigenvalue weighted by molar-refractivity contribution is 0.214. The van der Waals surface area contributed by atoms with Gasteiger partial charge in [0.15, 0.2) is 5.71 Å². The molecule has 1 aromatic carbocycles. The molecule has 3 heteroatoms. The first-order valence-corrected chi connectivity index (χ1v) is 6.00. The van der Waals surface area contributed by atoms with Crippen LogP contribution in [-0.2, 0) is 4.84 Å². The van der Waals surface area contributed by atoms with Crippen molar-refractivity contribution in [3.05, 3.63) is 58.3 Å². The van der Waals surface area contributed by atoms with Crippen molar-refractivity contribution >= 4 is 17.0 Å². The van der Waals surface area contributed by atoms with E-state index in [1.807, 2.05) is 47.8 Å². The summed E-state index contributed by atoms with van der Waals surface area (Å²) in [4.78, 5) is 5.84. The van der Waals surface area contributed by atoms with Crippen LogP contribution >= 0.6 is 11.3 Å². The summed E-state index contributed by atoms with van der Waals surface area (Å²) in [5.41, 5.74) is 1.60. The summed E-state index contributed by atoms with van der Waals surface area (Å²) in [6, 6.07) is 13.7. The van der Waals surface area contributed by atoms with Gasteiger partial charge in [-0.15, -0.1) is 11.3 Å². The molecule has 0 saturated heterocycles. The second-order valence-electron chi connectivity index (χ2n) is 3.22. The quantitative estimate of drug-likeness (QED) is 0.449. The van der Waals surface area contributed by atoms with Crippen molar-refractivity contribution in [2.45, 2.75) is 0 Å². The van der Waals surface area contributed by atoms with Crippen LogP contribution in [-0.4, -0.2) is 12.8 Å². The third kappa shape index (κ3) is 3.20. The number of rotatable bonds is 2. The lowest BCUT2D eigenvalue weighted by Crippen LogP contribution is -1.97. The van der Waals surface area contributed by atoms with Crippen molar-refractivity contribution in [3.63, 3.8) is 0 Å². The smallest absolute Gasteiger partial charge is 0.160 e. The molecule has 2 aromatic rings. The van der Waals surface area contributed by atoms with E-state index in [9.17, 15) is 0 Å². The molecule has 0 fully saturated rings. The van der Waals surface area contributed by atoms with E-state index < -0.39 is 0 Å². The molecule has 2 nitrogen and oxygen atoms in total. The van der Waals surface area contributed by atoms with Crippen LogP contribution in [0.15, 0.2) is 53.0 Å². The maximum atomic E-state index is 4.82. The van der Waals surface area contributed by atoms with E-state index in [1.165, 1.54) is 7.11 Å². The molecule has 1 aromatic heterocycles. The molecule has 17 heavy (non-hydrogen) atoms. The third-order valence-corrected chi connectivity index (χ3v) is 2.84. The van der Waals surface area contributed by atoms with Crippen LogP contribution in [0.2, 0.25) is 0 Å². The van der Waals surface area contributed by atoms with Crippen LogP contribution in [0.1, 0.15) is 10.4 Å². The average molecular weight is 241 g/mol. The topological polar surface area (TPSA) is 21.6 Å². The summed E-state index contributed by atoms with van der Waals surface area (Å²) in [7, 11) is 1.52. The highest BCUT2D eigenvalue weighted by atomic mass is 32.1. The molecule has 0 saturated carbocycles. The molecule has 0 unspecified atom stereocenters. The van der Waals surface area contributed by atoms with E-state index >= 15 is 0 Å². The monoisotopic (exact) mass is 241 g/mol. The number of hydrogen-bond donors (Lipinski definition) is 0. The Kier molecular flexibility index (Phi) is 3.95. The van der Waals surface area contributed by atoms with Crippen molar-refractivity contribution in [1.29, 1.82) is 0 Å². The lowest BCUT2D eigenvalue weighted by atomic mass is 10.1. The fourth-order valence-corrected chi connectivity index (χ4v) is 1.88. The van der Waals surface area contributed by atoms with Crippen LogP contribution in [0.25, 0.3) is 0 Å². The highest BCUT2D eigenvalue weighted by Gasteiger charge is 1.99. The molecule has 0 bridgehead atoms. The number of hydrogen-bond acceptors (Lipinski definition) is 3. The summed E-state index contributed by atoms with van der Waals surface area (Å²) in [6.45, 7) is 0. The first-order chi connectivity index (χ1) is 8.40. The van der Waals surface area contributed by atoms with E-state index in [2.05, 4.69) is 17.0 Å². The van der Waals surface area contributed by atoms with E-state index in [0.717, 1.165) is 10.4 Å². The van der Waals surface area contributed by atoms with Gasteiger partial charge in [0.25, 0.3) is 0 Å². The Morgan fingerprint density at radius 1 is 1.18 bits per heavy atom. The number of nitrogens with zero attached hydrogens (tertiary/aromatic N) is 1. The van der Waals surface area contributed by atoms with Gasteiger partial charge in [-0.1, -0.05) is 41.6 Å². The molecular formula is C14H11NOS. The van der Waals surface area contributed by atoms with Gasteiger partial charge in [-0.25, -0.2) is 0 Å². The first kappa shape index (κ1) is 11.4. The molecule has 0 aliphatic heterocycles. The highest BCUT2D eigenvalue weighted by Crippen LogP contribution is 2.06. The molecule has 1 heterocycles. The van der Waals surface area contributed by atoms with Crippen molar-refractivity contribution in [2.75, 3.05) is 7.11 Å². The number of thiophene rings is 1. The normalized spacial score (nSPS) is 10.5. The highest BCUT2D eigenvalue weighted by molar-refractivity contribution is 7.10. The van der Waals surface area contributed by atoms with Gasteiger partial charge in [-0.05, 0) is 23.3 Å². The number of benzene rings is 1. The summed E-state index contributed by atoms with van der Waals surface area (Å²) in [5.74, 6) is 6.09. The Balaban J connectivity index is 2.29. The van der Waals surface area contributed by atoms with Crippen molar-refractivity contribution in [2.24, 2.45) is 5.16 Å². The molecule has 0 radical (unpaired) electrons. The summed E-state index contributed by atoms with van der Waals surface area (Å²) >= 11 is 1.61. The van der Waals surface area contributed by atoms with E-state index in [4.69, 9.17) is 4.84 Å². The Bertz CT molecular complexity index is 547. The van der Waals surface area contributed by atoms with Gasteiger partial charge < -0.3 is 4.84 Å². The average Bonchev–Trinajstić information content (AvgIpc) is 2.88. The Morgan fingerprint density at radius 3 is 2.65 bits per heavy atom. The molecule has 0 atom stereocenters. The van der Waals surface area contributed by atoms with Crippen LogP contribution in [0.3, 0.4) is 0 Å². The lowest BCUT2D eigenvalue weighted by Gasteiger charge is -1.97. The van der Waals surface area contributed by atoms with Crippen LogP contribution in [0.5, 0.6) is 0 Å². The fraction of sp³-hybridized carbons (Fsp3) is 0.0714. The molecular weight excluding hydrogens is 230 g/mol. The van der Waals surface area contributed by atoms with Gasteiger partial charge >= 0.3 is 0 Å². The summed E-state index contributed by atoms with van der Waals surface area (Å²) in [5, 5.41) is 5.94. The van der Waals surface area contributed by atoms with Crippen LogP contribution in [0.4, 0.5) is 0 Å². The van der Waals surface area contributed by atoms with Gasteiger partial charge in [0, 0.05) is 5.56 Å². The molecule has 0 spiro atoms.